The molecule has 1 aliphatic rings. The van der Waals surface area contributed by atoms with Crippen molar-refractivity contribution >= 4 is 27.4 Å². The SMILES string of the molecule is CC(=O)c1ccc(S(=O)(=O)N[C@H]2CC(=O)N(c3ccc(C)cc3)C2)cc1. The van der Waals surface area contributed by atoms with E-state index in [0.29, 0.717) is 5.56 Å². The Labute approximate surface area is 152 Å². The highest BCUT2D eigenvalue weighted by Crippen LogP contribution is 2.23. The van der Waals surface area contributed by atoms with Gasteiger partial charge in [-0.2, -0.15) is 0 Å². The Kier molecular flexibility index (Phi) is 4.93. The molecule has 0 aliphatic carbocycles. The van der Waals surface area contributed by atoms with Crippen molar-refractivity contribution in [2.45, 2.75) is 31.2 Å². The van der Waals surface area contributed by atoms with Crippen molar-refractivity contribution in [3.63, 3.8) is 0 Å². The molecule has 7 heteroatoms. The van der Waals surface area contributed by atoms with Gasteiger partial charge in [0, 0.05) is 30.3 Å². The van der Waals surface area contributed by atoms with Gasteiger partial charge in [0.15, 0.2) is 5.78 Å². The molecule has 0 saturated carbocycles. The van der Waals surface area contributed by atoms with Gasteiger partial charge in [-0.05, 0) is 38.1 Å². The first-order valence-corrected chi connectivity index (χ1v) is 9.75. The van der Waals surface area contributed by atoms with Crippen molar-refractivity contribution in [3.05, 3.63) is 59.7 Å². The van der Waals surface area contributed by atoms with Crippen LogP contribution in [0.3, 0.4) is 0 Å². The predicted molar refractivity (Wildman–Crippen MR) is 98.7 cm³/mol. The molecule has 1 atom stereocenters. The molecule has 1 amide bonds. The molecule has 0 radical (unpaired) electrons. The molecule has 0 aromatic heterocycles. The first kappa shape index (κ1) is 18.3. The summed E-state index contributed by atoms with van der Waals surface area (Å²) in [6, 6.07) is 12.8. The van der Waals surface area contributed by atoms with Crippen LogP contribution >= 0.6 is 0 Å². The number of benzene rings is 2. The number of anilines is 1. The number of sulfonamides is 1. The van der Waals surface area contributed by atoms with E-state index in [4.69, 9.17) is 0 Å². The average molecular weight is 372 g/mol. The van der Waals surface area contributed by atoms with Crippen molar-refractivity contribution < 1.29 is 18.0 Å². The van der Waals surface area contributed by atoms with Crippen LogP contribution in [-0.2, 0) is 14.8 Å². The molecule has 1 heterocycles. The van der Waals surface area contributed by atoms with Crippen LogP contribution in [0.5, 0.6) is 0 Å². The Morgan fingerprint density at radius 2 is 1.69 bits per heavy atom. The van der Waals surface area contributed by atoms with Gasteiger partial charge in [-0.1, -0.05) is 29.8 Å². The molecular formula is C19H20N2O4S. The van der Waals surface area contributed by atoms with Crippen molar-refractivity contribution in [3.8, 4) is 0 Å². The van der Waals surface area contributed by atoms with Crippen LogP contribution in [0.15, 0.2) is 53.4 Å². The molecule has 136 valence electrons. The number of carbonyl (C=O) groups is 2. The number of hydrogen-bond donors (Lipinski definition) is 1. The largest absolute Gasteiger partial charge is 0.311 e. The Morgan fingerprint density at radius 1 is 1.08 bits per heavy atom. The minimum atomic E-state index is -3.76. The smallest absolute Gasteiger partial charge is 0.240 e. The summed E-state index contributed by atoms with van der Waals surface area (Å²) in [7, 11) is -3.76. The second-order valence-corrected chi connectivity index (χ2v) is 8.16. The lowest BCUT2D eigenvalue weighted by Crippen LogP contribution is -2.37. The Hall–Kier alpha value is -2.51. The maximum Gasteiger partial charge on any atom is 0.240 e. The average Bonchev–Trinajstić information content (AvgIpc) is 2.95. The minimum Gasteiger partial charge on any atom is -0.311 e. The standard InChI is InChI=1S/C19H20N2O4S/c1-13-3-7-17(8-4-13)21-12-16(11-19(21)23)20-26(24,25)18-9-5-15(6-10-18)14(2)22/h3-10,16,20H,11-12H2,1-2H3/t16-/m0/s1. The zero-order valence-corrected chi connectivity index (χ0v) is 15.4. The highest BCUT2D eigenvalue weighted by Gasteiger charge is 2.33. The zero-order chi connectivity index (χ0) is 18.9. The summed E-state index contributed by atoms with van der Waals surface area (Å²) in [5, 5.41) is 0. The van der Waals surface area contributed by atoms with Gasteiger partial charge in [0.25, 0.3) is 0 Å². The number of amides is 1. The molecule has 1 aliphatic heterocycles. The molecule has 6 nitrogen and oxygen atoms in total. The van der Waals surface area contributed by atoms with Crippen LogP contribution in [0.4, 0.5) is 5.69 Å². The highest BCUT2D eigenvalue weighted by atomic mass is 32.2. The summed E-state index contributed by atoms with van der Waals surface area (Å²) in [6.07, 6.45) is 0.110. The lowest BCUT2D eigenvalue weighted by Gasteiger charge is -2.17. The van der Waals surface area contributed by atoms with Crippen molar-refractivity contribution in [1.29, 1.82) is 0 Å². The van der Waals surface area contributed by atoms with Crippen LogP contribution in [0.2, 0.25) is 0 Å². The molecule has 26 heavy (non-hydrogen) atoms. The van der Waals surface area contributed by atoms with Crippen molar-refractivity contribution in [2.24, 2.45) is 0 Å². The topological polar surface area (TPSA) is 83.5 Å². The van der Waals surface area contributed by atoms with Crippen LogP contribution in [0.1, 0.15) is 29.3 Å². The maximum atomic E-state index is 12.5. The summed E-state index contributed by atoms with van der Waals surface area (Å²) < 4.78 is 27.7. The first-order valence-electron chi connectivity index (χ1n) is 8.26. The summed E-state index contributed by atoms with van der Waals surface area (Å²) in [6.45, 7) is 3.67. The highest BCUT2D eigenvalue weighted by molar-refractivity contribution is 7.89. The number of rotatable bonds is 5. The first-order chi connectivity index (χ1) is 12.3. The fraction of sp³-hybridized carbons (Fsp3) is 0.263. The molecule has 2 aromatic carbocycles. The van der Waals surface area contributed by atoms with Crippen LogP contribution in [0, 0.1) is 6.92 Å². The number of hydrogen-bond acceptors (Lipinski definition) is 4. The predicted octanol–water partition coefficient (Wildman–Crippen LogP) is 2.28. The lowest BCUT2D eigenvalue weighted by molar-refractivity contribution is -0.117. The number of nitrogens with one attached hydrogen (secondary N) is 1. The van der Waals surface area contributed by atoms with E-state index in [0.717, 1.165) is 11.3 Å². The number of nitrogens with zero attached hydrogens (tertiary/aromatic N) is 1. The lowest BCUT2D eigenvalue weighted by atomic mass is 10.2. The molecule has 3 rings (SSSR count). The monoisotopic (exact) mass is 372 g/mol. The van der Waals surface area contributed by atoms with Gasteiger partial charge in [0.05, 0.1) is 4.90 Å². The number of aryl methyl sites for hydroxylation is 1. The normalized spacial score (nSPS) is 17.5. The third-order valence-corrected chi connectivity index (χ3v) is 5.90. The van der Waals surface area contributed by atoms with Gasteiger partial charge < -0.3 is 4.90 Å². The summed E-state index contributed by atoms with van der Waals surface area (Å²) in [4.78, 5) is 25.2. The minimum absolute atomic E-state index is 0.0729. The van der Waals surface area contributed by atoms with E-state index in [1.54, 1.807) is 4.90 Å². The van der Waals surface area contributed by atoms with E-state index in [1.165, 1.54) is 31.2 Å². The van der Waals surface area contributed by atoms with Crippen molar-refractivity contribution in [2.75, 3.05) is 11.4 Å². The maximum absolute atomic E-state index is 12.5. The zero-order valence-electron chi connectivity index (χ0n) is 14.6. The van der Waals surface area contributed by atoms with Crippen LogP contribution in [0.25, 0.3) is 0 Å². The second kappa shape index (κ2) is 7.01. The molecule has 1 N–H and O–H groups in total. The number of Topliss-reactive ketones (excluding diaryl/α,β-unsaturated/α-hetero) is 1. The van der Waals surface area contributed by atoms with E-state index in [-0.39, 0.29) is 29.6 Å². The molecular weight excluding hydrogens is 352 g/mol. The molecule has 2 aromatic rings. The summed E-state index contributed by atoms with van der Waals surface area (Å²) >= 11 is 0. The van der Waals surface area contributed by atoms with E-state index in [1.807, 2.05) is 31.2 Å². The molecule has 0 spiro atoms. The van der Waals surface area contributed by atoms with Crippen LogP contribution in [-0.4, -0.2) is 32.7 Å². The third-order valence-electron chi connectivity index (χ3n) is 4.36. The number of carbonyl (C=O) groups excluding carboxylic acids is 2. The van der Waals surface area contributed by atoms with Gasteiger partial charge in [-0.25, -0.2) is 13.1 Å². The Balaban J connectivity index is 1.73. The fourth-order valence-electron chi connectivity index (χ4n) is 2.92. The van der Waals surface area contributed by atoms with E-state index in [2.05, 4.69) is 4.72 Å². The van der Waals surface area contributed by atoms with Gasteiger partial charge >= 0.3 is 0 Å². The fourth-order valence-corrected chi connectivity index (χ4v) is 4.14. The van der Waals surface area contributed by atoms with E-state index >= 15 is 0 Å². The van der Waals surface area contributed by atoms with Crippen molar-refractivity contribution in [1.82, 2.24) is 4.72 Å². The molecule has 0 unspecified atom stereocenters. The second-order valence-electron chi connectivity index (χ2n) is 6.44. The molecule has 1 saturated heterocycles. The van der Waals surface area contributed by atoms with E-state index in [9.17, 15) is 18.0 Å². The summed E-state index contributed by atoms with van der Waals surface area (Å²) in [5.74, 6) is -0.245. The molecule has 0 bridgehead atoms. The van der Waals surface area contributed by atoms with Gasteiger partial charge in [0.2, 0.25) is 15.9 Å². The Morgan fingerprint density at radius 3 is 2.27 bits per heavy atom. The van der Waals surface area contributed by atoms with Gasteiger partial charge in [-0.3, -0.25) is 9.59 Å². The Bertz CT molecular complexity index is 935. The quantitative estimate of drug-likeness (QED) is 0.816. The number of ketones is 1. The van der Waals surface area contributed by atoms with E-state index < -0.39 is 16.1 Å². The summed E-state index contributed by atoms with van der Waals surface area (Å²) in [5.41, 5.74) is 2.30. The molecule has 1 fully saturated rings. The van der Waals surface area contributed by atoms with Gasteiger partial charge in [0.1, 0.15) is 0 Å². The third kappa shape index (κ3) is 3.84. The van der Waals surface area contributed by atoms with Crippen LogP contribution < -0.4 is 9.62 Å². The van der Waals surface area contributed by atoms with Gasteiger partial charge in [-0.15, -0.1) is 0 Å².